The molecule has 1 aliphatic rings. The third-order valence-corrected chi connectivity index (χ3v) is 8.18. The van der Waals surface area contributed by atoms with Crippen molar-refractivity contribution in [3.8, 4) is 5.75 Å². The molecule has 0 saturated heterocycles. The predicted octanol–water partition coefficient (Wildman–Crippen LogP) is 7.20. The van der Waals surface area contributed by atoms with Crippen molar-refractivity contribution in [3.05, 3.63) is 64.2 Å². The molecule has 2 aromatic carbocycles. The number of hydrogen-bond donors (Lipinski definition) is 1. The second-order valence-electron chi connectivity index (χ2n) is 11.0. The van der Waals surface area contributed by atoms with E-state index in [4.69, 9.17) is 4.74 Å². The fourth-order valence-electron chi connectivity index (χ4n) is 4.91. The van der Waals surface area contributed by atoms with Crippen LogP contribution in [0.25, 0.3) is 11.3 Å². The molecule has 0 amide bonds. The van der Waals surface area contributed by atoms with E-state index in [2.05, 4.69) is 71.6 Å². The lowest BCUT2D eigenvalue weighted by molar-refractivity contribution is 0.0534. The summed E-state index contributed by atoms with van der Waals surface area (Å²) in [5.74, 6) is 0.122. The lowest BCUT2D eigenvalue weighted by Gasteiger charge is -2.42. The van der Waals surface area contributed by atoms with E-state index in [9.17, 15) is 9.90 Å². The number of hydrogen-bond acceptors (Lipinski definition) is 2. The molecule has 3 nitrogen and oxygen atoms in total. The Hall–Kier alpha value is -2.33. The van der Waals surface area contributed by atoms with E-state index in [0.717, 1.165) is 23.3 Å². The van der Waals surface area contributed by atoms with Gasteiger partial charge in [0.25, 0.3) is 0 Å². The van der Waals surface area contributed by atoms with E-state index < -0.39 is 14.0 Å². The summed E-state index contributed by atoms with van der Waals surface area (Å²) in [7, 11) is -1.69. The van der Waals surface area contributed by atoms with Gasteiger partial charge in [-0.15, -0.1) is 0 Å². The van der Waals surface area contributed by atoms with Crippen LogP contribution in [0.3, 0.4) is 0 Å². The Morgan fingerprint density at radius 1 is 1.10 bits per heavy atom. The van der Waals surface area contributed by atoms with E-state index in [1.165, 1.54) is 16.3 Å². The first-order chi connectivity index (χ1) is 14.2. The molecule has 0 aliphatic carbocycles. The first kappa shape index (κ1) is 23.3. The average molecular weight is 437 g/mol. The largest absolute Gasteiger partial charge is 0.488 e. The molecule has 0 saturated carbocycles. The SMILES string of the molecule is CCc1cc(C=C(c2ccc3c(c2)C(C)(C)CC(C)(C)O3)[Si](C)(C)C)ccc1C(=O)O. The van der Waals surface area contributed by atoms with Gasteiger partial charge in [-0.25, -0.2) is 4.79 Å². The van der Waals surface area contributed by atoms with Crippen LogP contribution in [0.1, 0.15) is 73.7 Å². The number of rotatable bonds is 5. The number of aryl methyl sites for hydroxylation is 1. The summed E-state index contributed by atoms with van der Waals surface area (Å²) < 4.78 is 6.30. The van der Waals surface area contributed by atoms with Crippen LogP contribution in [-0.2, 0) is 11.8 Å². The van der Waals surface area contributed by atoms with Gasteiger partial charge in [0.05, 0.1) is 13.6 Å². The molecule has 4 heteroatoms. The third-order valence-electron chi connectivity index (χ3n) is 6.13. The molecule has 1 aliphatic heterocycles. The topological polar surface area (TPSA) is 46.5 Å². The second-order valence-corrected chi connectivity index (χ2v) is 16.1. The van der Waals surface area contributed by atoms with Crippen LogP contribution in [0.5, 0.6) is 5.75 Å². The van der Waals surface area contributed by atoms with Gasteiger partial charge in [-0.1, -0.05) is 69.9 Å². The normalized spacial score (nSPS) is 17.6. The minimum atomic E-state index is -1.69. The van der Waals surface area contributed by atoms with Gasteiger partial charge in [0.15, 0.2) is 0 Å². The number of carbonyl (C=O) groups is 1. The van der Waals surface area contributed by atoms with Crippen LogP contribution in [-0.4, -0.2) is 24.8 Å². The number of carboxylic acids is 1. The first-order valence-corrected chi connectivity index (χ1v) is 14.7. The highest BCUT2D eigenvalue weighted by Gasteiger charge is 2.39. The van der Waals surface area contributed by atoms with Crippen LogP contribution in [0, 0.1) is 0 Å². The van der Waals surface area contributed by atoms with E-state index in [1.807, 2.05) is 19.1 Å². The molecule has 3 rings (SSSR count). The average Bonchev–Trinajstić information content (AvgIpc) is 2.63. The number of benzene rings is 2. The van der Waals surface area contributed by atoms with Crippen LogP contribution in [0.2, 0.25) is 19.6 Å². The summed E-state index contributed by atoms with van der Waals surface area (Å²) >= 11 is 0. The minimum absolute atomic E-state index is 0.0379. The monoisotopic (exact) mass is 436 g/mol. The number of aromatic carboxylic acids is 1. The molecule has 1 N–H and O–H groups in total. The van der Waals surface area contributed by atoms with E-state index >= 15 is 0 Å². The molecule has 166 valence electrons. The Balaban J connectivity index is 2.13. The minimum Gasteiger partial charge on any atom is -0.488 e. The summed E-state index contributed by atoms with van der Waals surface area (Å²) in [6.45, 7) is 18.0. The standard InChI is InChI=1S/C27H36O3Si/c1-9-19-14-18(10-12-21(19)25(28)29)15-24(31(6,7)8)20-11-13-23-22(16-20)26(2,3)17-27(4,5)30-23/h10-16H,9,17H2,1-8H3,(H,28,29). The molecule has 0 atom stereocenters. The summed E-state index contributed by atoms with van der Waals surface area (Å²) in [6.07, 6.45) is 3.93. The molecule has 1 heterocycles. The van der Waals surface area contributed by atoms with Crippen LogP contribution in [0.15, 0.2) is 36.4 Å². The van der Waals surface area contributed by atoms with Gasteiger partial charge in [-0.2, -0.15) is 0 Å². The maximum absolute atomic E-state index is 11.5. The molecular formula is C27H36O3Si. The van der Waals surface area contributed by atoms with Gasteiger partial charge in [-0.3, -0.25) is 0 Å². The predicted molar refractivity (Wildman–Crippen MR) is 133 cm³/mol. The fourth-order valence-corrected chi connectivity index (χ4v) is 6.53. The lowest BCUT2D eigenvalue weighted by Crippen LogP contribution is -2.41. The van der Waals surface area contributed by atoms with Gasteiger partial charge in [-0.05, 0) is 67.0 Å². The van der Waals surface area contributed by atoms with Crippen molar-refractivity contribution in [2.75, 3.05) is 0 Å². The van der Waals surface area contributed by atoms with Gasteiger partial charge >= 0.3 is 5.97 Å². The van der Waals surface area contributed by atoms with Crippen molar-refractivity contribution in [2.24, 2.45) is 0 Å². The van der Waals surface area contributed by atoms with Crippen molar-refractivity contribution < 1.29 is 14.6 Å². The van der Waals surface area contributed by atoms with E-state index in [0.29, 0.717) is 12.0 Å². The molecular weight excluding hydrogens is 400 g/mol. The first-order valence-electron chi connectivity index (χ1n) is 11.2. The quantitative estimate of drug-likeness (QED) is 0.398. The Labute approximate surface area is 188 Å². The summed E-state index contributed by atoms with van der Waals surface area (Å²) in [5, 5.41) is 10.8. The maximum Gasteiger partial charge on any atom is 0.335 e. The summed E-state index contributed by atoms with van der Waals surface area (Å²) in [5.41, 5.74) is 4.71. The highest BCUT2D eigenvalue weighted by atomic mass is 28.3. The van der Waals surface area contributed by atoms with Crippen molar-refractivity contribution in [2.45, 2.75) is 78.1 Å². The Kier molecular flexibility index (Phi) is 6.00. The second kappa shape index (κ2) is 7.98. The van der Waals surface area contributed by atoms with E-state index in [1.54, 1.807) is 6.07 Å². The highest BCUT2D eigenvalue weighted by molar-refractivity contribution is 6.94. The smallest absolute Gasteiger partial charge is 0.335 e. The van der Waals surface area contributed by atoms with Crippen LogP contribution >= 0.6 is 0 Å². The Morgan fingerprint density at radius 2 is 1.77 bits per heavy atom. The highest BCUT2D eigenvalue weighted by Crippen LogP contribution is 2.46. The summed E-state index contributed by atoms with van der Waals surface area (Å²) in [4.78, 5) is 11.5. The molecule has 0 unspecified atom stereocenters. The van der Waals surface area contributed by atoms with Gasteiger partial charge in [0.2, 0.25) is 0 Å². The summed E-state index contributed by atoms with van der Waals surface area (Å²) in [6, 6.07) is 12.3. The van der Waals surface area contributed by atoms with Crippen molar-refractivity contribution in [1.29, 1.82) is 0 Å². The molecule has 0 fully saturated rings. The zero-order chi connectivity index (χ0) is 23.2. The molecule has 0 spiro atoms. The zero-order valence-corrected chi connectivity index (χ0v) is 21.2. The van der Waals surface area contributed by atoms with Gasteiger partial charge < -0.3 is 9.84 Å². The van der Waals surface area contributed by atoms with Crippen molar-refractivity contribution in [1.82, 2.24) is 0 Å². The van der Waals surface area contributed by atoms with Crippen LogP contribution < -0.4 is 4.74 Å². The van der Waals surface area contributed by atoms with Gasteiger partial charge in [0, 0.05) is 5.56 Å². The Bertz CT molecular complexity index is 1040. The third kappa shape index (κ3) is 4.95. The molecule has 0 radical (unpaired) electrons. The number of ether oxygens (including phenoxy) is 1. The van der Waals surface area contributed by atoms with Crippen molar-refractivity contribution in [3.63, 3.8) is 0 Å². The molecule has 31 heavy (non-hydrogen) atoms. The number of carboxylic acid groups (broad SMARTS) is 1. The molecule has 2 aromatic rings. The maximum atomic E-state index is 11.5. The zero-order valence-electron chi connectivity index (χ0n) is 20.2. The van der Waals surface area contributed by atoms with Crippen molar-refractivity contribution >= 4 is 25.3 Å². The van der Waals surface area contributed by atoms with Gasteiger partial charge in [0.1, 0.15) is 11.4 Å². The van der Waals surface area contributed by atoms with E-state index in [-0.39, 0.29) is 11.0 Å². The molecule has 0 bridgehead atoms. The fraction of sp³-hybridized carbons (Fsp3) is 0.444. The Morgan fingerprint density at radius 3 is 2.35 bits per heavy atom. The lowest BCUT2D eigenvalue weighted by atomic mass is 9.73. The number of fused-ring (bicyclic) bond motifs is 1. The van der Waals surface area contributed by atoms with Crippen LogP contribution in [0.4, 0.5) is 0 Å². The molecule has 0 aromatic heterocycles.